The first-order valence-corrected chi connectivity index (χ1v) is 10.7. The molecule has 2 aliphatic carbocycles. The van der Waals surface area contributed by atoms with Gasteiger partial charge < -0.3 is 15.3 Å². The molecule has 3 atom stereocenters. The maximum Gasteiger partial charge on any atom is 0.417 e. The van der Waals surface area contributed by atoms with Crippen LogP contribution in [0.3, 0.4) is 0 Å². The van der Waals surface area contributed by atoms with Crippen LogP contribution in [0.5, 0.6) is 0 Å². The molecule has 2 amide bonds. The third kappa shape index (κ3) is 3.64. The minimum atomic E-state index is -4.48. The number of amides is 2. The van der Waals surface area contributed by atoms with E-state index in [4.69, 9.17) is 5.11 Å². The Morgan fingerprint density at radius 1 is 1.29 bits per heavy atom. The van der Waals surface area contributed by atoms with Crippen LogP contribution in [-0.4, -0.2) is 63.6 Å². The van der Waals surface area contributed by atoms with Crippen LogP contribution < -0.4 is 5.32 Å². The molecular weight excluding hydrogens is 413 g/mol. The number of pyridine rings is 1. The zero-order valence-corrected chi connectivity index (χ0v) is 17.0. The van der Waals surface area contributed by atoms with Gasteiger partial charge >= 0.3 is 12.3 Å². The predicted octanol–water partition coefficient (Wildman–Crippen LogP) is 2.50. The molecule has 0 radical (unpaired) electrons. The summed E-state index contributed by atoms with van der Waals surface area (Å²) < 4.78 is 39.4. The Balaban J connectivity index is 1.39. The Labute approximate surface area is 177 Å². The second-order valence-corrected chi connectivity index (χ2v) is 9.40. The number of carbonyl (C=O) groups excluding carboxylic acids is 1. The number of carbonyl (C=O) groups is 2. The van der Waals surface area contributed by atoms with Crippen molar-refractivity contribution in [2.24, 2.45) is 11.3 Å². The second kappa shape index (κ2) is 7.08. The lowest BCUT2D eigenvalue weighted by Crippen LogP contribution is -2.49. The summed E-state index contributed by atoms with van der Waals surface area (Å²) in [5.41, 5.74) is -0.432. The topological polar surface area (TPSA) is 85.8 Å². The second-order valence-electron chi connectivity index (χ2n) is 9.40. The first-order chi connectivity index (χ1) is 14.7. The Hall–Kier alpha value is -2.36. The summed E-state index contributed by atoms with van der Waals surface area (Å²) in [6, 6.07) is 1.33. The van der Waals surface area contributed by atoms with Crippen LogP contribution in [0.25, 0.3) is 0 Å². The summed E-state index contributed by atoms with van der Waals surface area (Å²) in [6.07, 6.45) is -0.994. The molecule has 3 heterocycles. The molecular formula is C21H25F3N4O3. The highest BCUT2D eigenvalue weighted by molar-refractivity contribution is 5.85. The van der Waals surface area contributed by atoms with Gasteiger partial charge in [0.05, 0.1) is 11.0 Å². The highest BCUT2D eigenvalue weighted by Crippen LogP contribution is 2.52. The number of aromatic nitrogens is 1. The maximum absolute atomic E-state index is 13.8. The van der Waals surface area contributed by atoms with Crippen molar-refractivity contribution in [1.82, 2.24) is 20.1 Å². The number of rotatable bonds is 3. The molecule has 1 saturated heterocycles. The first-order valence-electron chi connectivity index (χ1n) is 10.7. The van der Waals surface area contributed by atoms with Crippen LogP contribution in [0, 0.1) is 11.3 Å². The third-order valence-corrected chi connectivity index (χ3v) is 7.37. The van der Waals surface area contributed by atoms with Gasteiger partial charge in [-0.05, 0) is 43.2 Å². The molecule has 1 aromatic rings. The fraction of sp³-hybridized carbons (Fsp3) is 0.667. The van der Waals surface area contributed by atoms with Crippen molar-refractivity contribution in [3.63, 3.8) is 0 Å². The molecule has 0 unspecified atom stereocenters. The lowest BCUT2D eigenvalue weighted by Gasteiger charge is -2.37. The van der Waals surface area contributed by atoms with E-state index in [-0.39, 0.29) is 24.4 Å². The van der Waals surface area contributed by atoms with Gasteiger partial charge in [-0.1, -0.05) is 0 Å². The molecule has 0 bridgehead atoms. The number of nitrogens with zero attached hydrogens (tertiary/aromatic N) is 3. The summed E-state index contributed by atoms with van der Waals surface area (Å²) in [4.78, 5) is 33.0. The molecule has 10 heteroatoms. The number of hydrogen-bond acceptors (Lipinski definition) is 4. The Kier molecular flexibility index (Phi) is 4.69. The van der Waals surface area contributed by atoms with E-state index in [0.29, 0.717) is 49.7 Å². The number of nitrogens with one attached hydrogen (secondary N) is 1. The highest BCUT2D eigenvalue weighted by atomic mass is 19.4. The molecule has 168 valence electrons. The summed E-state index contributed by atoms with van der Waals surface area (Å²) in [5, 5.41) is 11.7. The van der Waals surface area contributed by atoms with Gasteiger partial charge in [-0.25, -0.2) is 4.79 Å². The minimum Gasteiger partial charge on any atom is -0.465 e. The molecule has 2 saturated carbocycles. The standard InChI is InChI=1S/C21H25F3N4O3/c22-21(23,24)13-5-12-9-27(4-3-17(12)25-8-13)18(29)20-7-15(26-19(30)31)6-14(20)10-28(11-20)16-1-2-16/h5,8,14-16,26H,1-4,6-7,9-11H2,(H,30,31)/t14-,15+,20-/m0/s1. The highest BCUT2D eigenvalue weighted by Gasteiger charge is 2.60. The molecule has 4 aliphatic rings. The summed E-state index contributed by atoms with van der Waals surface area (Å²) >= 11 is 0. The van der Waals surface area contributed by atoms with E-state index in [2.05, 4.69) is 15.2 Å². The Morgan fingerprint density at radius 3 is 2.74 bits per heavy atom. The van der Waals surface area contributed by atoms with Gasteiger partial charge in [0.15, 0.2) is 0 Å². The lowest BCUT2D eigenvalue weighted by atomic mass is 9.78. The first kappa shape index (κ1) is 20.5. The van der Waals surface area contributed by atoms with E-state index >= 15 is 0 Å². The van der Waals surface area contributed by atoms with Crippen molar-refractivity contribution < 1.29 is 27.9 Å². The van der Waals surface area contributed by atoms with Crippen molar-refractivity contribution in [2.45, 2.75) is 56.9 Å². The van der Waals surface area contributed by atoms with Gasteiger partial charge in [0.25, 0.3) is 0 Å². The Morgan fingerprint density at radius 2 is 2.06 bits per heavy atom. The lowest BCUT2D eigenvalue weighted by molar-refractivity contribution is -0.144. The van der Waals surface area contributed by atoms with Crippen molar-refractivity contribution >= 4 is 12.0 Å². The van der Waals surface area contributed by atoms with Crippen molar-refractivity contribution in [1.29, 1.82) is 0 Å². The molecule has 2 aliphatic heterocycles. The molecule has 3 fully saturated rings. The molecule has 5 rings (SSSR count). The van der Waals surface area contributed by atoms with Gasteiger partial charge in [-0.3, -0.25) is 14.7 Å². The molecule has 2 N–H and O–H groups in total. The number of halogens is 3. The average Bonchev–Trinajstić information content (AvgIpc) is 3.41. The van der Waals surface area contributed by atoms with Gasteiger partial charge in [-0.2, -0.15) is 13.2 Å². The number of hydrogen-bond donors (Lipinski definition) is 2. The quantitative estimate of drug-likeness (QED) is 0.758. The van der Waals surface area contributed by atoms with Gasteiger partial charge in [0.1, 0.15) is 0 Å². The largest absolute Gasteiger partial charge is 0.465 e. The average molecular weight is 438 g/mol. The van der Waals surface area contributed by atoms with Crippen molar-refractivity contribution in [3.8, 4) is 0 Å². The molecule has 0 spiro atoms. The number of fused-ring (bicyclic) bond motifs is 2. The number of alkyl halides is 3. The maximum atomic E-state index is 13.8. The monoisotopic (exact) mass is 438 g/mol. The Bertz CT molecular complexity index is 920. The fourth-order valence-corrected chi connectivity index (χ4v) is 5.81. The summed E-state index contributed by atoms with van der Waals surface area (Å²) in [5.74, 6) is -0.00289. The zero-order valence-electron chi connectivity index (χ0n) is 17.0. The van der Waals surface area contributed by atoms with E-state index < -0.39 is 23.2 Å². The van der Waals surface area contributed by atoms with Gasteiger partial charge in [0.2, 0.25) is 5.91 Å². The van der Waals surface area contributed by atoms with E-state index in [0.717, 1.165) is 31.6 Å². The summed E-state index contributed by atoms with van der Waals surface area (Å²) in [7, 11) is 0. The van der Waals surface area contributed by atoms with Crippen LogP contribution >= 0.6 is 0 Å². The van der Waals surface area contributed by atoms with E-state index in [9.17, 15) is 22.8 Å². The predicted molar refractivity (Wildman–Crippen MR) is 103 cm³/mol. The van der Waals surface area contributed by atoms with E-state index in [1.165, 1.54) is 0 Å². The van der Waals surface area contributed by atoms with E-state index in [1.807, 2.05) is 0 Å². The van der Waals surface area contributed by atoms with Gasteiger partial charge in [0, 0.05) is 56.6 Å². The molecule has 31 heavy (non-hydrogen) atoms. The molecule has 0 aromatic carbocycles. The molecule has 7 nitrogen and oxygen atoms in total. The van der Waals surface area contributed by atoms with Crippen LogP contribution in [0.1, 0.15) is 42.5 Å². The minimum absolute atomic E-state index is 0.0541. The molecule has 1 aromatic heterocycles. The number of carboxylic acid groups (broad SMARTS) is 1. The van der Waals surface area contributed by atoms with Crippen LogP contribution in [0.2, 0.25) is 0 Å². The van der Waals surface area contributed by atoms with Crippen LogP contribution in [-0.2, 0) is 23.9 Å². The van der Waals surface area contributed by atoms with Crippen LogP contribution in [0.15, 0.2) is 12.3 Å². The van der Waals surface area contributed by atoms with Crippen molar-refractivity contribution in [2.75, 3.05) is 19.6 Å². The fourth-order valence-electron chi connectivity index (χ4n) is 5.81. The van der Waals surface area contributed by atoms with E-state index in [1.54, 1.807) is 4.90 Å². The SMILES string of the molecule is O=C(O)N[C@@H]1C[C@H]2CN(C3CC3)C[C@@]2(C(=O)N2CCc3ncc(C(F)(F)F)cc3C2)C1. The zero-order chi connectivity index (χ0) is 22.0. The number of likely N-dealkylation sites (tertiary alicyclic amines) is 1. The normalized spacial score (nSPS) is 30.7. The third-order valence-electron chi connectivity index (χ3n) is 7.37. The smallest absolute Gasteiger partial charge is 0.417 e. The van der Waals surface area contributed by atoms with Crippen molar-refractivity contribution in [3.05, 3.63) is 29.1 Å². The van der Waals surface area contributed by atoms with Gasteiger partial charge in [-0.15, -0.1) is 0 Å². The van der Waals surface area contributed by atoms with Crippen LogP contribution in [0.4, 0.5) is 18.0 Å². The summed E-state index contributed by atoms with van der Waals surface area (Å²) in [6.45, 7) is 1.90.